The van der Waals surface area contributed by atoms with E-state index in [0.717, 1.165) is 12.8 Å². The number of rotatable bonds is 5. The van der Waals surface area contributed by atoms with Gasteiger partial charge in [0.05, 0.1) is 17.4 Å². The summed E-state index contributed by atoms with van der Waals surface area (Å²) < 4.78 is 14.7. The summed E-state index contributed by atoms with van der Waals surface area (Å²) in [6, 6.07) is 10.1. The third-order valence-electron chi connectivity index (χ3n) is 5.19. The number of thiophene rings is 1. The van der Waals surface area contributed by atoms with Crippen molar-refractivity contribution in [2.75, 3.05) is 0 Å². The van der Waals surface area contributed by atoms with E-state index in [9.17, 15) is 9.18 Å². The summed E-state index contributed by atoms with van der Waals surface area (Å²) >= 11 is 1.67. The van der Waals surface area contributed by atoms with Gasteiger partial charge in [0.2, 0.25) is 0 Å². The van der Waals surface area contributed by atoms with Crippen molar-refractivity contribution >= 4 is 17.2 Å². The van der Waals surface area contributed by atoms with Gasteiger partial charge in [0.25, 0.3) is 5.91 Å². The first-order valence-electron chi connectivity index (χ1n) is 9.16. The molecule has 1 atom stereocenters. The fraction of sp³-hybridized carbons (Fsp3) is 0.350. The standard InChI is InChI=1S/C20H21FN4OS/c1-13-18(23-24-25(13)16-10-8-15(21)9-11-16)20(26)22-19(14-5-2-3-6-14)17-7-4-12-27-17/h4,7-12,14,19H,2-3,5-6H2,1H3,(H,22,26). The molecule has 1 unspecified atom stereocenters. The van der Waals surface area contributed by atoms with Gasteiger partial charge < -0.3 is 5.32 Å². The lowest BCUT2D eigenvalue weighted by Gasteiger charge is -2.23. The van der Waals surface area contributed by atoms with Crippen LogP contribution in [0.5, 0.6) is 0 Å². The molecule has 1 aromatic carbocycles. The van der Waals surface area contributed by atoms with Gasteiger partial charge in [-0.3, -0.25) is 4.79 Å². The van der Waals surface area contributed by atoms with Crippen LogP contribution in [0.4, 0.5) is 4.39 Å². The number of amides is 1. The Morgan fingerprint density at radius 3 is 2.67 bits per heavy atom. The molecule has 1 aliphatic carbocycles. The third-order valence-corrected chi connectivity index (χ3v) is 6.14. The third kappa shape index (κ3) is 3.64. The van der Waals surface area contributed by atoms with Crippen molar-refractivity contribution in [1.29, 1.82) is 0 Å². The topological polar surface area (TPSA) is 59.8 Å². The molecule has 7 heteroatoms. The first-order valence-corrected chi connectivity index (χ1v) is 10.0. The molecule has 2 aromatic heterocycles. The number of halogens is 1. The quantitative estimate of drug-likeness (QED) is 0.708. The van der Waals surface area contributed by atoms with Crippen LogP contribution in [-0.2, 0) is 0 Å². The minimum atomic E-state index is -0.315. The summed E-state index contributed by atoms with van der Waals surface area (Å²) in [7, 11) is 0. The van der Waals surface area contributed by atoms with E-state index in [1.807, 2.05) is 11.4 Å². The minimum Gasteiger partial charge on any atom is -0.343 e. The second-order valence-electron chi connectivity index (χ2n) is 6.92. The number of carbonyl (C=O) groups excluding carboxylic acids is 1. The molecule has 1 saturated carbocycles. The number of nitrogens with one attached hydrogen (secondary N) is 1. The minimum absolute atomic E-state index is 0.00960. The predicted octanol–water partition coefficient (Wildman–Crippen LogP) is 4.44. The van der Waals surface area contributed by atoms with Gasteiger partial charge in [-0.1, -0.05) is 24.1 Å². The number of carbonyl (C=O) groups is 1. The number of hydrogen-bond acceptors (Lipinski definition) is 4. The molecule has 2 heterocycles. The number of hydrogen-bond donors (Lipinski definition) is 1. The normalized spacial score (nSPS) is 15.8. The summed E-state index contributed by atoms with van der Waals surface area (Å²) in [5.74, 6) is -0.0731. The van der Waals surface area contributed by atoms with E-state index in [0.29, 0.717) is 23.0 Å². The van der Waals surface area contributed by atoms with Gasteiger partial charge in [0.15, 0.2) is 5.69 Å². The van der Waals surface area contributed by atoms with E-state index >= 15 is 0 Å². The monoisotopic (exact) mass is 384 g/mol. The van der Waals surface area contributed by atoms with Gasteiger partial charge >= 0.3 is 0 Å². The largest absolute Gasteiger partial charge is 0.343 e. The van der Waals surface area contributed by atoms with Crippen molar-refractivity contribution < 1.29 is 9.18 Å². The molecule has 1 fully saturated rings. The number of nitrogens with zero attached hydrogens (tertiary/aromatic N) is 3. The SMILES string of the molecule is Cc1c(C(=O)NC(c2cccs2)C2CCCC2)nnn1-c1ccc(F)cc1. The average Bonchev–Trinajstić information content (AvgIpc) is 3.42. The zero-order valence-corrected chi connectivity index (χ0v) is 15.9. The van der Waals surface area contributed by atoms with Gasteiger partial charge in [-0.2, -0.15) is 0 Å². The van der Waals surface area contributed by atoms with Crippen molar-refractivity contribution in [1.82, 2.24) is 20.3 Å². The van der Waals surface area contributed by atoms with Crippen LogP contribution in [0.15, 0.2) is 41.8 Å². The lowest BCUT2D eigenvalue weighted by atomic mass is 9.96. The summed E-state index contributed by atoms with van der Waals surface area (Å²) in [6.07, 6.45) is 4.68. The Kier molecular flexibility index (Phi) is 5.03. The zero-order chi connectivity index (χ0) is 18.8. The summed E-state index contributed by atoms with van der Waals surface area (Å²) in [6.45, 7) is 1.80. The van der Waals surface area contributed by atoms with Gasteiger partial charge in [-0.05, 0) is 61.4 Å². The molecule has 0 bridgehead atoms. The lowest BCUT2D eigenvalue weighted by Crippen LogP contribution is -2.33. The molecule has 1 amide bonds. The smallest absolute Gasteiger partial charge is 0.274 e. The Labute approximate surface area is 161 Å². The Morgan fingerprint density at radius 2 is 2.00 bits per heavy atom. The van der Waals surface area contributed by atoms with Crippen LogP contribution < -0.4 is 5.32 Å². The number of aromatic nitrogens is 3. The molecule has 27 heavy (non-hydrogen) atoms. The first kappa shape index (κ1) is 17.9. The molecule has 0 radical (unpaired) electrons. The highest BCUT2D eigenvalue weighted by atomic mass is 32.1. The highest BCUT2D eigenvalue weighted by Crippen LogP contribution is 2.37. The maximum Gasteiger partial charge on any atom is 0.274 e. The number of benzene rings is 1. The maximum atomic E-state index is 13.2. The highest BCUT2D eigenvalue weighted by molar-refractivity contribution is 7.10. The van der Waals surface area contributed by atoms with E-state index < -0.39 is 0 Å². The maximum absolute atomic E-state index is 13.2. The van der Waals surface area contributed by atoms with Gasteiger partial charge in [0, 0.05) is 4.88 Å². The predicted molar refractivity (Wildman–Crippen MR) is 103 cm³/mol. The molecular formula is C20H21FN4OS. The molecule has 1 aliphatic rings. The Balaban J connectivity index is 1.58. The molecule has 4 rings (SSSR count). The van der Waals surface area contributed by atoms with Crippen LogP contribution in [0.2, 0.25) is 0 Å². The zero-order valence-electron chi connectivity index (χ0n) is 15.1. The highest BCUT2D eigenvalue weighted by Gasteiger charge is 2.30. The average molecular weight is 384 g/mol. The molecule has 5 nitrogen and oxygen atoms in total. The van der Waals surface area contributed by atoms with Crippen LogP contribution in [0.25, 0.3) is 5.69 Å². The Bertz CT molecular complexity index is 914. The summed E-state index contributed by atoms with van der Waals surface area (Å²) in [4.78, 5) is 14.1. The van der Waals surface area contributed by atoms with Crippen LogP contribution in [0, 0.1) is 18.7 Å². The second kappa shape index (κ2) is 7.60. The second-order valence-corrected chi connectivity index (χ2v) is 7.90. The van der Waals surface area contributed by atoms with Crippen molar-refractivity contribution in [3.05, 3.63) is 63.9 Å². The Morgan fingerprint density at radius 1 is 1.26 bits per heavy atom. The van der Waals surface area contributed by atoms with E-state index in [1.54, 1.807) is 35.1 Å². The van der Waals surface area contributed by atoms with Gasteiger partial charge in [-0.15, -0.1) is 16.4 Å². The van der Waals surface area contributed by atoms with Gasteiger partial charge in [0.1, 0.15) is 5.82 Å². The van der Waals surface area contributed by atoms with Crippen LogP contribution >= 0.6 is 11.3 Å². The van der Waals surface area contributed by atoms with Crippen LogP contribution in [0.3, 0.4) is 0 Å². The molecule has 0 spiro atoms. The van der Waals surface area contributed by atoms with Crippen molar-refractivity contribution in [3.63, 3.8) is 0 Å². The van der Waals surface area contributed by atoms with Gasteiger partial charge in [-0.25, -0.2) is 9.07 Å². The summed E-state index contributed by atoms with van der Waals surface area (Å²) in [5, 5.41) is 13.4. The molecule has 1 N–H and O–H groups in total. The van der Waals surface area contributed by atoms with E-state index in [2.05, 4.69) is 21.7 Å². The molecule has 140 valence electrons. The fourth-order valence-electron chi connectivity index (χ4n) is 3.76. The van der Waals surface area contributed by atoms with Crippen molar-refractivity contribution in [2.24, 2.45) is 5.92 Å². The Hall–Kier alpha value is -2.54. The molecule has 0 aliphatic heterocycles. The fourth-order valence-corrected chi connectivity index (χ4v) is 4.63. The van der Waals surface area contributed by atoms with E-state index in [-0.39, 0.29) is 17.8 Å². The molecule has 3 aromatic rings. The van der Waals surface area contributed by atoms with Crippen LogP contribution in [0.1, 0.15) is 52.8 Å². The molecular weight excluding hydrogens is 363 g/mol. The van der Waals surface area contributed by atoms with Crippen LogP contribution in [-0.4, -0.2) is 20.9 Å². The lowest BCUT2D eigenvalue weighted by molar-refractivity contribution is 0.0917. The van der Waals surface area contributed by atoms with E-state index in [4.69, 9.17) is 0 Å². The molecule has 0 saturated heterocycles. The van der Waals surface area contributed by atoms with Crippen molar-refractivity contribution in [3.8, 4) is 5.69 Å². The summed E-state index contributed by atoms with van der Waals surface area (Å²) in [5.41, 5.74) is 1.61. The van der Waals surface area contributed by atoms with Crippen molar-refractivity contribution in [2.45, 2.75) is 38.6 Å². The first-order chi connectivity index (χ1) is 13.1. The van der Waals surface area contributed by atoms with E-state index in [1.165, 1.54) is 29.9 Å².